The Balaban J connectivity index is 1.70. The fraction of sp³-hybridized carbons (Fsp3) is 0.389. The normalized spacial score (nSPS) is 16.7. The number of aryl methyl sites for hydroxylation is 1. The molecule has 7 heteroatoms. The van der Waals surface area contributed by atoms with Gasteiger partial charge in [0, 0.05) is 32.2 Å². The molecule has 0 saturated carbocycles. The van der Waals surface area contributed by atoms with Gasteiger partial charge < -0.3 is 9.64 Å². The Morgan fingerprint density at radius 2 is 1.72 bits per heavy atom. The van der Waals surface area contributed by atoms with Gasteiger partial charge >= 0.3 is 0 Å². The average Bonchev–Trinajstić information content (AvgIpc) is 2.63. The van der Waals surface area contributed by atoms with E-state index in [0.29, 0.717) is 24.7 Å². The fourth-order valence-electron chi connectivity index (χ4n) is 2.67. The Kier molecular flexibility index (Phi) is 5.36. The van der Waals surface area contributed by atoms with Crippen molar-refractivity contribution in [3.63, 3.8) is 0 Å². The van der Waals surface area contributed by atoms with Crippen molar-refractivity contribution >= 4 is 10.0 Å². The highest BCUT2D eigenvalue weighted by Gasteiger charge is 2.27. The van der Waals surface area contributed by atoms with Crippen LogP contribution in [0.5, 0.6) is 11.6 Å². The predicted octanol–water partition coefficient (Wildman–Crippen LogP) is 2.37. The maximum absolute atomic E-state index is 12.7. The van der Waals surface area contributed by atoms with Crippen LogP contribution in [-0.2, 0) is 16.4 Å². The molecule has 0 bridgehead atoms. The molecule has 1 aromatic carbocycles. The fourth-order valence-corrected chi connectivity index (χ4v) is 4.04. The van der Waals surface area contributed by atoms with Crippen LogP contribution in [-0.4, -0.2) is 55.8 Å². The zero-order valence-corrected chi connectivity index (χ0v) is 15.4. The number of rotatable bonds is 5. The summed E-state index contributed by atoms with van der Waals surface area (Å²) in [5, 5.41) is 0. The molecule has 134 valence electrons. The van der Waals surface area contributed by atoms with Crippen LogP contribution in [0, 0.1) is 0 Å². The van der Waals surface area contributed by atoms with E-state index in [1.807, 2.05) is 31.3 Å². The Hall–Kier alpha value is -1.96. The number of pyridine rings is 1. The van der Waals surface area contributed by atoms with Crippen molar-refractivity contribution in [1.82, 2.24) is 14.2 Å². The molecule has 25 heavy (non-hydrogen) atoms. The largest absolute Gasteiger partial charge is 0.439 e. The summed E-state index contributed by atoms with van der Waals surface area (Å²) in [6.07, 6.45) is 2.33. The van der Waals surface area contributed by atoms with Crippen molar-refractivity contribution in [2.75, 3.05) is 33.2 Å². The van der Waals surface area contributed by atoms with Crippen LogP contribution in [0.3, 0.4) is 0 Å². The van der Waals surface area contributed by atoms with Crippen LogP contribution in [0.1, 0.15) is 12.5 Å². The highest BCUT2D eigenvalue weighted by molar-refractivity contribution is 7.89. The minimum absolute atomic E-state index is 0.200. The average molecular weight is 361 g/mol. The summed E-state index contributed by atoms with van der Waals surface area (Å²) in [4.78, 5) is 6.47. The zero-order chi connectivity index (χ0) is 17.9. The lowest BCUT2D eigenvalue weighted by atomic mass is 10.2. The number of hydrogen-bond donors (Lipinski definition) is 0. The van der Waals surface area contributed by atoms with Gasteiger partial charge in [-0.2, -0.15) is 4.31 Å². The van der Waals surface area contributed by atoms with Crippen LogP contribution < -0.4 is 4.74 Å². The van der Waals surface area contributed by atoms with Crippen LogP contribution in [0.15, 0.2) is 47.5 Å². The van der Waals surface area contributed by atoms with Gasteiger partial charge in [0.05, 0.1) is 6.20 Å². The summed E-state index contributed by atoms with van der Waals surface area (Å²) < 4.78 is 32.5. The van der Waals surface area contributed by atoms with Crippen molar-refractivity contribution in [1.29, 1.82) is 0 Å². The van der Waals surface area contributed by atoms with Crippen molar-refractivity contribution in [2.45, 2.75) is 18.2 Å². The highest BCUT2D eigenvalue weighted by atomic mass is 32.2. The number of aromatic nitrogens is 1. The van der Waals surface area contributed by atoms with Crippen molar-refractivity contribution < 1.29 is 13.2 Å². The van der Waals surface area contributed by atoms with E-state index in [0.717, 1.165) is 19.5 Å². The number of nitrogens with zero attached hydrogens (tertiary/aromatic N) is 3. The SMILES string of the molecule is CCc1ccc(Oc2ccc(S(=O)(=O)N3CCN(C)CC3)cn2)cc1. The van der Waals surface area contributed by atoms with Crippen molar-refractivity contribution in [3.05, 3.63) is 48.2 Å². The molecule has 0 radical (unpaired) electrons. The number of likely N-dealkylation sites (N-methyl/N-ethyl adjacent to an activating group) is 1. The van der Waals surface area contributed by atoms with Gasteiger partial charge in [0.15, 0.2) is 0 Å². The summed E-state index contributed by atoms with van der Waals surface area (Å²) >= 11 is 0. The van der Waals surface area contributed by atoms with Gasteiger partial charge in [-0.05, 0) is 37.2 Å². The first kappa shape index (κ1) is 17.8. The van der Waals surface area contributed by atoms with E-state index in [9.17, 15) is 8.42 Å². The van der Waals surface area contributed by atoms with Gasteiger partial charge in [0.2, 0.25) is 15.9 Å². The van der Waals surface area contributed by atoms with E-state index in [1.165, 1.54) is 16.1 Å². The van der Waals surface area contributed by atoms with E-state index in [4.69, 9.17) is 4.74 Å². The van der Waals surface area contributed by atoms with Gasteiger partial charge in [0.25, 0.3) is 0 Å². The topological polar surface area (TPSA) is 62.7 Å². The summed E-state index contributed by atoms with van der Waals surface area (Å²) in [6, 6.07) is 10.9. The Morgan fingerprint density at radius 3 is 2.28 bits per heavy atom. The highest BCUT2D eigenvalue weighted by Crippen LogP contribution is 2.22. The molecule has 1 saturated heterocycles. The lowest BCUT2D eigenvalue weighted by molar-refractivity contribution is 0.222. The zero-order valence-electron chi connectivity index (χ0n) is 14.6. The smallest absolute Gasteiger partial charge is 0.244 e. The maximum atomic E-state index is 12.7. The molecule has 0 unspecified atom stereocenters. The second-order valence-electron chi connectivity index (χ2n) is 6.14. The molecule has 2 aromatic rings. The third kappa shape index (κ3) is 4.18. The lowest BCUT2D eigenvalue weighted by Crippen LogP contribution is -2.47. The van der Waals surface area contributed by atoms with Gasteiger partial charge in [-0.1, -0.05) is 19.1 Å². The molecule has 6 nitrogen and oxygen atoms in total. The number of piperazine rings is 1. The Bertz CT molecular complexity index is 796. The molecule has 1 aliphatic heterocycles. The van der Waals surface area contributed by atoms with E-state index in [-0.39, 0.29) is 4.90 Å². The monoisotopic (exact) mass is 361 g/mol. The summed E-state index contributed by atoms with van der Waals surface area (Å²) in [6.45, 7) is 4.57. The number of ether oxygens (including phenoxy) is 1. The minimum Gasteiger partial charge on any atom is -0.439 e. The molecule has 0 N–H and O–H groups in total. The first-order chi connectivity index (χ1) is 12.0. The lowest BCUT2D eigenvalue weighted by Gasteiger charge is -2.31. The third-order valence-electron chi connectivity index (χ3n) is 4.36. The van der Waals surface area contributed by atoms with E-state index < -0.39 is 10.0 Å². The molecule has 1 aliphatic rings. The molecule has 0 atom stereocenters. The van der Waals surface area contributed by atoms with Crippen LogP contribution in [0.25, 0.3) is 0 Å². The molecule has 1 fully saturated rings. The molecule has 0 spiro atoms. The third-order valence-corrected chi connectivity index (χ3v) is 6.25. The summed E-state index contributed by atoms with van der Waals surface area (Å²) in [5.74, 6) is 1.06. The molecule has 3 rings (SSSR count). The minimum atomic E-state index is -3.50. The molecule has 1 aromatic heterocycles. The molecular formula is C18H23N3O3S. The van der Waals surface area contributed by atoms with Gasteiger partial charge in [-0.15, -0.1) is 0 Å². The number of benzene rings is 1. The maximum Gasteiger partial charge on any atom is 0.244 e. The second-order valence-corrected chi connectivity index (χ2v) is 8.08. The number of hydrogen-bond acceptors (Lipinski definition) is 5. The van der Waals surface area contributed by atoms with Crippen molar-refractivity contribution in [2.24, 2.45) is 0 Å². The van der Waals surface area contributed by atoms with Gasteiger partial charge in [0.1, 0.15) is 10.6 Å². The van der Waals surface area contributed by atoms with E-state index in [1.54, 1.807) is 12.1 Å². The first-order valence-corrected chi connectivity index (χ1v) is 9.84. The number of sulfonamides is 1. The standard InChI is InChI=1S/C18H23N3O3S/c1-3-15-4-6-16(7-5-15)24-18-9-8-17(14-19-18)25(22,23)21-12-10-20(2)11-13-21/h4-9,14H,3,10-13H2,1-2H3. The molecule has 0 aliphatic carbocycles. The van der Waals surface area contributed by atoms with Crippen molar-refractivity contribution in [3.8, 4) is 11.6 Å². The predicted molar refractivity (Wildman–Crippen MR) is 96.4 cm³/mol. The first-order valence-electron chi connectivity index (χ1n) is 8.40. The molecular weight excluding hydrogens is 338 g/mol. The quantitative estimate of drug-likeness (QED) is 0.818. The van der Waals surface area contributed by atoms with Crippen LogP contribution >= 0.6 is 0 Å². The summed E-state index contributed by atoms with van der Waals surface area (Å²) in [5.41, 5.74) is 1.23. The van der Waals surface area contributed by atoms with Gasteiger partial charge in [-0.25, -0.2) is 13.4 Å². The summed E-state index contributed by atoms with van der Waals surface area (Å²) in [7, 11) is -1.50. The van der Waals surface area contributed by atoms with Crippen LogP contribution in [0.2, 0.25) is 0 Å². The second kappa shape index (κ2) is 7.51. The Morgan fingerprint density at radius 1 is 1.04 bits per heavy atom. The van der Waals surface area contributed by atoms with E-state index in [2.05, 4.69) is 16.8 Å². The van der Waals surface area contributed by atoms with Crippen LogP contribution in [0.4, 0.5) is 0 Å². The van der Waals surface area contributed by atoms with Gasteiger partial charge in [-0.3, -0.25) is 0 Å². The Labute approximate surface area is 149 Å². The molecule has 2 heterocycles. The van der Waals surface area contributed by atoms with E-state index >= 15 is 0 Å². The molecule has 0 amide bonds.